The molecule has 0 saturated heterocycles. The number of nitrogens with one attached hydrogen (secondary N) is 1. The fraction of sp³-hybridized carbons (Fsp3) is 0.0588. The molecule has 2 aromatic carbocycles. The van der Waals surface area contributed by atoms with Gasteiger partial charge in [-0.1, -0.05) is 42.5 Å². The quantitative estimate of drug-likeness (QED) is 0.506. The summed E-state index contributed by atoms with van der Waals surface area (Å²) >= 11 is 0. The molecular weight excluding hydrogens is 294 g/mol. The highest BCUT2D eigenvalue weighted by Gasteiger charge is 2.08. The summed E-state index contributed by atoms with van der Waals surface area (Å²) in [4.78, 5) is 22.1. The fourth-order valence-electron chi connectivity index (χ4n) is 1.91. The first-order valence-electron chi connectivity index (χ1n) is 6.93. The van der Waals surface area contributed by atoms with Gasteiger partial charge in [-0.25, -0.2) is 5.43 Å². The summed E-state index contributed by atoms with van der Waals surface area (Å²) in [5.41, 5.74) is 3.79. The van der Waals surface area contributed by atoms with Gasteiger partial charge in [-0.15, -0.1) is 0 Å². The third-order valence-electron chi connectivity index (χ3n) is 2.97. The fourth-order valence-corrected chi connectivity index (χ4v) is 1.91. The molecule has 1 amide bonds. The van der Waals surface area contributed by atoms with Crippen molar-refractivity contribution >= 4 is 23.9 Å². The van der Waals surface area contributed by atoms with E-state index < -0.39 is 4.92 Å². The highest BCUT2D eigenvalue weighted by molar-refractivity contribution is 5.83. The second-order valence-corrected chi connectivity index (χ2v) is 4.65. The van der Waals surface area contributed by atoms with Crippen molar-refractivity contribution in [1.82, 2.24) is 5.43 Å². The smallest absolute Gasteiger partial charge is 0.273 e. The summed E-state index contributed by atoms with van der Waals surface area (Å²) in [7, 11) is 0. The van der Waals surface area contributed by atoms with Crippen LogP contribution in [0.15, 0.2) is 65.8 Å². The molecule has 0 unspecified atom stereocenters. The average molecular weight is 309 g/mol. The van der Waals surface area contributed by atoms with E-state index in [9.17, 15) is 14.9 Å². The Morgan fingerprint density at radius 2 is 1.83 bits per heavy atom. The van der Waals surface area contributed by atoms with Crippen LogP contribution in [0, 0.1) is 10.1 Å². The van der Waals surface area contributed by atoms with Crippen LogP contribution in [0.3, 0.4) is 0 Å². The molecule has 0 aromatic heterocycles. The molecule has 6 nitrogen and oxygen atoms in total. The molecular formula is C17H15N3O3. The van der Waals surface area contributed by atoms with Crippen LogP contribution in [0.4, 0.5) is 5.69 Å². The Hall–Kier alpha value is -3.28. The summed E-state index contributed by atoms with van der Waals surface area (Å²) in [6.45, 7) is 0. The molecule has 1 N–H and O–H groups in total. The van der Waals surface area contributed by atoms with Crippen molar-refractivity contribution in [3.05, 3.63) is 81.9 Å². The molecule has 2 rings (SSSR count). The SMILES string of the molecule is O=C(Cc1ccccc1)NN=C/C=C/c1ccccc1[N+](=O)[O-]. The third-order valence-corrected chi connectivity index (χ3v) is 2.97. The van der Waals surface area contributed by atoms with Crippen LogP contribution in [0.25, 0.3) is 6.08 Å². The standard InChI is InChI=1S/C17H15N3O3/c21-17(13-14-7-2-1-3-8-14)19-18-12-6-10-15-9-4-5-11-16(15)20(22)23/h1-12H,13H2,(H,19,21)/b10-6+,18-12?. The zero-order valence-corrected chi connectivity index (χ0v) is 12.3. The van der Waals surface area contributed by atoms with Crippen molar-refractivity contribution in [2.45, 2.75) is 6.42 Å². The first-order valence-corrected chi connectivity index (χ1v) is 6.93. The Kier molecular flexibility index (Phi) is 5.76. The number of carbonyl (C=O) groups is 1. The molecule has 0 radical (unpaired) electrons. The van der Waals surface area contributed by atoms with Crippen molar-refractivity contribution in [3.8, 4) is 0 Å². The summed E-state index contributed by atoms with van der Waals surface area (Å²) in [6.07, 6.45) is 4.71. The van der Waals surface area contributed by atoms with E-state index in [4.69, 9.17) is 0 Å². The van der Waals surface area contributed by atoms with E-state index in [1.54, 1.807) is 24.3 Å². The van der Waals surface area contributed by atoms with Crippen LogP contribution in [0.2, 0.25) is 0 Å². The first-order chi connectivity index (χ1) is 11.2. The minimum absolute atomic E-state index is 0.0188. The average Bonchev–Trinajstić information content (AvgIpc) is 2.55. The topological polar surface area (TPSA) is 84.6 Å². The molecule has 0 fully saturated rings. The molecule has 0 atom stereocenters. The van der Waals surface area contributed by atoms with E-state index in [1.807, 2.05) is 30.3 Å². The zero-order chi connectivity index (χ0) is 16.5. The lowest BCUT2D eigenvalue weighted by molar-refractivity contribution is -0.385. The van der Waals surface area contributed by atoms with Crippen LogP contribution in [0.1, 0.15) is 11.1 Å². The summed E-state index contributed by atoms with van der Waals surface area (Å²) < 4.78 is 0. The molecule has 0 aliphatic heterocycles. The third kappa shape index (κ3) is 5.20. The molecule has 6 heteroatoms. The zero-order valence-electron chi connectivity index (χ0n) is 12.3. The van der Waals surface area contributed by atoms with Gasteiger partial charge in [0.1, 0.15) is 0 Å². The van der Waals surface area contributed by atoms with Gasteiger partial charge in [-0.2, -0.15) is 5.10 Å². The number of amides is 1. The van der Waals surface area contributed by atoms with E-state index in [0.29, 0.717) is 5.56 Å². The van der Waals surface area contributed by atoms with Gasteiger partial charge < -0.3 is 0 Å². The molecule has 0 saturated carbocycles. The largest absolute Gasteiger partial charge is 0.276 e. The molecule has 0 bridgehead atoms. The maximum atomic E-state index is 11.7. The van der Waals surface area contributed by atoms with Crippen LogP contribution < -0.4 is 5.43 Å². The van der Waals surface area contributed by atoms with Crippen LogP contribution in [-0.4, -0.2) is 17.0 Å². The van der Waals surface area contributed by atoms with Gasteiger partial charge in [0.2, 0.25) is 5.91 Å². The Balaban J connectivity index is 1.87. The van der Waals surface area contributed by atoms with E-state index in [2.05, 4.69) is 10.5 Å². The number of allylic oxidation sites excluding steroid dienone is 1. The van der Waals surface area contributed by atoms with E-state index >= 15 is 0 Å². The number of hydrogen-bond acceptors (Lipinski definition) is 4. The number of rotatable bonds is 6. The lowest BCUT2D eigenvalue weighted by Crippen LogP contribution is -2.19. The second kappa shape index (κ2) is 8.23. The Bertz CT molecular complexity index is 740. The molecule has 23 heavy (non-hydrogen) atoms. The van der Waals surface area contributed by atoms with Crippen molar-refractivity contribution < 1.29 is 9.72 Å². The van der Waals surface area contributed by atoms with Crippen LogP contribution >= 0.6 is 0 Å². The van der Waals surface area contributed by atoms with Gasteiger partial charge >= 0.3 is 0 Å². The first kappa shape index (κ1) is 16.1. The van der Waals surface area contributed by atoms with Crippen molar-refractivity contribution in [1.29, 1.82) is 0 Å². The van der Waals surface area contributed by atoms with Crippen molar-refractivity contribution in [3.63, 3.8) is 0 Å². The summed E-state index contributed by atoms with van der Waals surface area (Å²) in [5.74, 6) is -0.230. The highest BCUT2D eigenvalue weighted by atomic mass is 16.6. The van der Waals surface area contributed by atoms with Crippen molar-refractivity contribution in [2.75, 3.05) is 0 Å². The molecule has 0 spiro atoms. The number of nitro groups is 1. The normalized spacial score (nSPS) is 11.0. The number of hydrazone groups is 1. The highest BCUT2D eigenvalue weighted by Crippen LogP contribution is 2.18. The second-order valence-electron chi connectivity index (χ2n) is 4.65. The minimum atomic E-state index is -0.446. The Labute approximate surface area is 133 Å². The Morgan fingerprint density at radius 3 is 2.57 bits per heavy atom. The van der Waals surface area contributed by atoms with Gasteiger partial charge in [-0.05, 0) is 23.8 Å². The van der Waals surface area contributed by atoms with Gasteiger partial charge in [0.15, 0.2) is 0 Å². The van der Waals surface area contributed by atoms with E-state index in [1.165, 1.54) is 18.4 Å². The van der Waals surface area contributed by atoms with Gasteiger partial charge in [0, 0.05) is 12.3 Å². The number of hydrogen-bond donors (Lipinski definition) is 1. The molecule has 116 valence electrons. The predicted octanol–water partition coefficient (Wildman–Crippen LogP) is 2.95. The van der Waals surface area contributed by atoms with Crippen LogP contribution in [-0.2, 0) is 11.2 Å². The maximum absolute atomic E-state index is 11.7. The molecule has 0 aliphatic carbocycles. The van der Waals surface area contributed by atoms with Crippen LogP contribution in [0.5, 0.6) is 0 Å². The lowest BCUT2D eigenvalue weighted by Gasteiger charge is -1.99. The molecule has 0 heterocycles. The maximum Gasteiger partial charge on any atom is 0.276 e. The number of benzene rings is 2. The number of para-hydroxylation sites is 1. The predicted molar refractivity (Wildman–Crippen MR) is 88.9 cm³/mol. The lowest BCUT2D eigenvalue weighted by atomic mass is 10.1. The summed E-state index contributed by atoms with van der Waals surface area (Å²) in [6, 6.07) is 15.7. The minimum Gasteiger partial charge on any atom is -0.273 e. The molecule has 0 aliphatic rings. The monoisotopic (exact) mass is 309 g/mol. The van der Waals surface area contributed by atoms with Gasteiger partial charge in [-0.3, -0.25) is 14.9 Å². The Morgan fingerprint density at radius 1 is 1.13 bits per heavy atom. The number of carbonyl (C=O) groups excluding carboxylic acids is 1. The number of nitro benzene ring substituents is 1. The number of nitrogens with zero attached hydrogens (tertiary/aromatic N) is 2. The van der Waals surface area contributed by atoms with Gasteiger partial charge in [0.25, 0.3) is 5.69 Å². The summed E-state index contributed by atoms with van der Waals surface area (Å²) in [5, 5.41) is 14.6. The van der Waals surface area contributed by atoms with Gasteiger partial charge in [0.05, 0.1) is 16.9 Å². The van der Waals surface area contributed by atoms with Crippen molar-refractivity contribution in [2.24, 2.45) is 5.10 Å². The van der Waals surface area contributed by atoms with E-state index in [-0.39, 0.29) is 18.0 Å². The molecule has 2 aromatic rings. The van der Waals surface area contributed by atoms with E-state index in [0.717, 1.165) is 5.56 Å².